The molecule has 1 saturated heterocycles. The highest BCUT2D eigenvalue weighted by Gasteiger charge is 2.59. The van der Waals surface area contributed by atoms with Crippen molar-refractivity contribution in [2.45, 2.75) is 76.6 Å². The highest BCUT2D eigenvalue weighted by atomic mass is 32.2. The minimum absolute atomic E-state index is 0.0466. The summed E-state index contributed by atoms with van der Waals surface area (Å²) < 4.78 is 30.4. The lowest BCUT2D eigenvalue weighted by Crippen LogP contribution is -2.56. The van der Waals surface area contributed by atoms with Crippen LogP contribution in [0.5, 0.6) is 5.75 Å². The Morgan fingerprint density at radius 2 is 1.87 bits per heavy atom. The molecule has 1 N–H and O–H groups in total. The molecule has 0 radical (unpaired) electrons. The van der Waals surface area contributed by atoms with Crippen LogP contribution in [0.25, 0.3) is 0 Å². The highest BCUT2D eigenvalue weighted by molar-refractivity contribution is 7.91. The molecule has 1 amide bonds. The van der Waals surface area contributed by atoms with Gasteiger partial charge in [-0.2, -0.15) is 0 Å². The molecule has 7 nitrogen and oxygen atoms in total. The van der Waals surface area contributed by atoms with Crippen molar-refractivity contribution in [3.05, 3.63) is 29.3 Å². The van der Waals surface area contributed by atoms with E-state index in [-0.39, 0.29) is 29.7 Å². The summed E-state index contributed by atoms with van der Waals surface area (Å²) in [5, 5.41) is 9.28. The molecular weight excluding hydrogens is 418 g/mol. The fraction of sp³-hybridized carbons (Fsp3) is 0.652. The van der Waals surface area contributed by atoms with E-state index in [0.29, 0.717) is 5.75 Å². The molecule has 3 atom stereocenters. The van der Waals surface area contributed by atoms with E-state index in [9.17, 15) is 23.1 Å². The molecule has 1 heterocycles. The van der Waals surface area contributed by atoms with E-state index in [0.717, 1.165) is 11.8 Å². The van der Waals surface area contributed by atoms with E-state index < -0.39 is 38.5 Å². The molecule has 2 rings (SSSR count). The molecule has 0 aromatic heterocycles. The molecular formula is C23H35NO6S. The quantitative estimate of drug-likeness (QED) is 0.707. The number of hydrogen-bond donors (Lipinski definition) is 1. The van der Waals surface area contributed by atoms with E-state index in [1.807, 2.05) is 40.7 Å². The zero-order valence-corrected chi connectivity index (χ0v) is 20.5. The van der Waals surface area contributed by atoms with Gasteiger partial charge in [0, 0.05) is 24.3 Å². The number of nitrogens with zero attached hydrogens (tertiary/aromatic N) is 1. The van der Waals surface area contributed by atoms with E-state index in [1.165, 1.54) is 12.0 Å². The monoisotopic (exact) mass is 453 g/mol. The standard InChI is InChI=1S/C23H35NO6S/c1-14(2)12-23(21(26)27)13-19(31(8,28)29)15(3)24(23)20(25)16-9-10-17(22(4,5)6)18(11-16)30-7/h9-11,14-15,19H,12-13H2,1-8H3,(H,26,27)/t15-,19-,23-/m0/s1. The number of carboxylic acid groups (broad SMARTS) is 1. The number of amides is 1. The van der Waals surface area contributed by atoms with Crippen molar-refractivity contribution in [3.63, 3.8) is 0 Å². The van der Waals surface area contributed by atoms with Crippen LogP contribution in [-0.2, 0) is 20.0 Å². The lowest BCUT2D eigenvalue weighted by Gasteiger charge is -2.38. The van der Waals surface area contributed by atoms with Gasteiger partial charge in [-0.25, -0.2) is 13.2 Å². The predicted molar refractivity (Wildman–Crippen MR) is 120 cm³/mol. The second-order valence-electron chi connectivity index (χ2n) is 10.1. The SMILES string of the molecule is COc1cc(C(=O)N2[C@@H](C)[C@@H](S(C)(=O)=O)C[C@@]2(CC(C)C)C(=O)O)ccc1C(C)(C)C. The number of rotatable bonds is 6. The topological polar surface area (TPSA) is 101 Å². The Kier molecular flexibility index (Phi) is 6.86. The van der Waals surface area contributed by atoms with Gasteiger partial charge in [0.1, 0.15) is 11.3 Å². The van der Waals surface area contributed by atoms with Crippen molar-refractivity contribution < 1.29 is 27.9 Å². The fourth-order valence-electron chi connectivity index (χ4n) is 4.76. The number of carboxylic acids is 1. The van der Waals surface area contributed by atoms with Gasteiger partial charge in [-0.3, -0.25) is 4.79 Å². The zero-order chi connectivity index (χ0) is 23.9. The number of sulfone groups is 1. The molecule has 0 bridgehead atoms. The van der Waals surface area contributed by atoms with Gasteiger partial charge in [-0.1, -0.05) is 40.7 Å². The van der Waals surface area contributed by atoms with Crippen LogP contribution in [0.3, 0.4) is 0 Å². The number of hydrogen-bond acceptors (Lipinski definition) is 5. The Bertz CT molecular complexity index is 963. The van der Waals surface area contributed by atoms with Crippen molar-refractivity contribution in [2.24, 2.45) is 5.92 Å². The van der Waals surface area contributed by atoms with Crippen LogP contribution >= 0.6 is 0 Å². The van der Waals surface area contributed by atoms with Crippen LogP contribution in [-0.4, -0.2) is 60.5 Å². The van der Waals surface area contributed by atoms with Crippen LogP contribution in [0.2, 0.25) is 0 Å². The number of carbonyl (C=O) groups excluding carboxylic acids is 1. The third-order valence-corrected chi connectivity index (χ3v) is 7.78. The van der Waals surface area contributed by atoms with Gasteiger partial charge >= 0.3 is 5.97 Å². The van der Waals surface area contributed by atoms with Crippen molar-refractivity contribution >= 4 is 21.7 Å². The van der Waals surface area contributed by atoms with Gasteiger partial charge in [0.2, 0.25) is 0 Å². The molecule has 0 unspecified atom stereocenters. The summed E-state index contributed by atoms with van der Waals surface area (Å²) in [6.07, 6.45) is 1.15. The average Bonchev–Trinajstić information content (AvgIpc) is 2.92. The number of carbonyl (C=O) groups is 2. The van der Waals surface area contributed by atoms with Gasteiger partial charge in [0.05, 0.1) is 12.4 Å². The molecule has 1 aliphatic rings. The van der Waals surface area contributed by atoms with Gasteiger partial charge in [-0.15, -0.1) is 0 Å². The minimum Gasteiger partial charge on any atom is -0.496 e. The predicted octanol–water partition coefficient (Wildman–Crippen LogP) is 3.51. The molecule has 1 fully saturated rings. The number of benzene rings is 1. The van der Waals surface area contributed by atoms with Gasteiger partial charge in [0.25, 0.3) is 5.91 Å². The lowest BCUT2D eigenvalue weighted by molar-refractivity contribution is -0.150. The van der Waals surface area contributed by atoms with Crippen LogP contribution < -0.4 is 4.74 Å². The molecule has 1 aliphatic heterocycles. The maximum absolute atomic E-state index is 13.7. The smallest absolute Gasteiger partial charge is 0.329 e. The van der Waals surface area contributed by atoms with Crippen LogP contribution in [0.4, 0.5) is 0 Å². The van der Waals surface area contributed by atoms with Crippen LogP contribution in [0.15, 0.2) is 18.2 Å². The molecule has 1 aromatic rings. The average molecular weight is 454 g/mol. The summed E-state index contributed by atoms with van der Waals surface area (Å²) in [6.45, 7) is 11.5. The van der Waals surface area contributed by atoms with E-state index in [4.69, 9.17) is 4.74 Å². The van der Waals surface area contributed by atoms with Crippen molar-refractivity contribution in [1.29, 1.82) is 0 Å². The fourth-order valence-corrected chi connectivity index (χ4v) is 6.18. The summed E-state index contributed by atoms with van der Waals surface area (Å²) in [7, 11) is -2.04. The molecule has 0 aliphatic carbocycles. The van der Waals surface area contributed by atoms with Gasteiger partial charge in [0.15, 0.2) is 9.84 Å². The molecule has 0 saturated carbocycles. The van der Waals surface area contributed by atoms with E-state index in [1.54, 1.807) is 19.1 Å². The summed E-state index contributed by atoms with van der Waals surface area (Å²) in [5.74, 6) is -1.18. The first-order valence-corrected chi connectivity index (χ1v) is 12.5. The van der Waals surface area contributed by atoms with Crippen molar-refractivity contribution in [3.8, 4) is 5.75 Å². The first-order chi connectivity index (χ1) is 14.1. The van der Waals surface area contributed by atoms with E-state index in [2.05, 4.69) is 0 Å². The Hall–Kier alpha value is -2.09. The molecule has 1 aromatic carbocycles. The Morgan fingerprint density at radius 1 is 1.29 bits per heavy atom. The summed E-state index contributed by atoms with van der Waals surface area (Å²) in [6, 6.07) is 4.32. The largest absolute Gasteiger partial charge is 0.496 e. The van der Waals surface area contributed by atoms with Crippen molar-refractivity contribution in [1.82, 2.24) is 4.90 Å². The Labute approximate surface area is 185 Å². The molecule has 8 heteroatoms. The van der Waals surface area contributed by atoms with Gasteiger partial charge < -0.3 is 14.7 Å². The number of ether oxygens (including phenoxy) is 1. The normalized spacial score (nSPS) is 24.5. The zero-order valence-electron chi connectivity index (χ0n) is 19.7. The minimum atomic E-state index is -3.56. The first kappa shape index (κ1) is 25.2. The molecule has 31 heavy (non-hydrogen) atoms. The van der Waals surface area contributed by atoms with Gasteiger partial charge in [-0.05, 0) is 42.4 Å². The van der Waals surface area contributed by atoms with E-state index >= 15 is 0 Å². The number of methoxy groups -OCH3 is 1. The number of likely N-dealkylation sites (tertiary alicyclic amines) is 1. The summed E-state index contributed by atoms with van der Waals surface area (Å²) >= 11 is 0. The maximum Gasteiger partial charge on any atom is 0.329 e. The summed E-state index contributed by atoms with van der Waals surface area (Å²) in [5.41, 5.74) is -0.603. The Balaban J connectivity index is 2.66. The third-order valence-electron chi connectivity index (χ3n) is 6.11. The third kappa shape index (κ3) is 4.73. The summed E-state index contributed by atoms with van der Waals surface area (Å²) in [4.78, 5) is 27.5. The maximum atomic E-state index is 13.7. The van der Waals surface area contributed by atoms with Crippen LogP contribution in [0, 0.1) is 5.92 Å². The lowest BCUT2D eigenvalue weighted by atomic mass is 9.84. The first-order valence-electron chi connectivity index (χ1n) is 10.5. The molecule has 174 valence electrons. The van der Waals surface area contributed by atoms with Crippen LogP contribution in [0.1, 0.15) is 70.3 Å². The van der Waals surface area contributed by atoms with Crippen molar-refractivity contribution in [2.75, 3.05) is 13.4 Å². The second-order valence-corrected chi connectivity index (χ2v) is 12.4. The second kappa shape index (κ2) is 8.45. The molecule has 0 spiro atoms. The number of aliphatic carboxylic acids is 1. The Morgan fingerprint density at radius 3 is 2.29 bits per heavy atom. The highest BCUT2D eigenvalue weighted by Crippen LogP contribution is 2.43.